The molecule has 5 rings (SSSR count). The van der Waals surface area contributed by atoms with Gasteiger partial charge in [-0.15, -0.1) is 11.3 Å². The van der Waals surface area contributed by atoms with Crippen molar-refractivity contribution in [1.29, 1.82) is 0 Å². The van der Waals surface area contributed by atoms with Gasteiger partial charge in [0.05, 0.1) is 45.5 Å². The molecule has 0 aliphatic heterocycles. The van der Waals surface area contributed by atoms with E-state index in [1.807, 2.05) is 59.3 Å². The van der Waals surface area contributed by atoms with Gasteiger partial charge < -0.3 is 18.9 Å². The lowest BCUT2D eigenvalue weighted by Crippen LogP contribution is -2.00. The van der Waals surface area contributed by atoms with Gasteiger partial charge in [-0.3, -0.25) is 0 Å². The van der Waals surface area contributed by atoms with Crippen LogP contribution in [0, 0.1) is 6.92 Å². The Bertz CT molecular complexity index is 1540. The second kappa shape index (κ2) is 10.4. The molecule has 0 amide bonds. The molecule has 0 aliphatic rings. The van der Waals surface area contributed by atoms with E-state index in [-0.39, 0.29) is 0 Å². The van der Waals surface area contributed by atoms with Gasteiger partial charge in [0.1, 0.15) is 0 Å². The van der Waals surface area contributed by atoms with Gasteiger partial charge in [0.25, 0.3) is 0 Å². The van der Waals surface area contributed by atoms with Gasteiger partial charge in [-0.05, 0) is 43.3 Å². The van der Waals surface area contributed by atoms with Crippen LogP contribution >= 0.6 is 11.3 Å². The summed E-state index contributed by atoms with van der Waals surface area (Å²) in [4.78, 5) is 4.94. The third-order valence-corrected chi connectivity index (χ3v) is 7.00. The molecule has 0 N–H and O–H groups in total. The van der Waals surface area contributed by atoms with Gasteiger partial charge in [0.15, 0.2) is 23.0 Å². The summed E-state index contributed by atoms with van der Waals surface area (Å²) in [5.41, 5.74) is 6.54. The molecule has 8 heteroatoms. The highest BCUT2D eigenvalue weighted by atomic mass is 32.1. The fourth-order valence-corrected chi connectivity index (χ4v) is 5.11. The molecule has 3 aromatic carbocycles. The third-order valence-electron chi connectivity index (χ3n) is 6.18. The van der Waals surface area contributed by atoms with Crippen LogP contribution in [0.3, 0.4) is 0 Å². The molecule has 2 aromatic heterocycles. The Labute approximate surface area is 219 Å². The van der Waals surface area contributed by atoms with Crippen molar-refractivity contribution in [2.24, 2.45) is 0 Å². The Morgan fingerprint density at radius 3 is 1.89 bits per heavy atom. The second-order valence-electron chi connectivity index (χ2n) is 8.25. The smallest absolute Gasteiger partial charge is 0.211 e. The largest absolute Gasteiger partial charge is 0.493 e. The molecule has 2 heterocycles. The van der Waals surface area contributed by atoms with Crippen molar-refractivity contribution in [2.75, 3.05) is 28.4 Å². The molecule has 5 aromatic rings. The van der Waals surface area contributed by atoms with Crippen molar-refractivity contribution < 1.29 is 18.9 Å². The predicted molar refractivity (Wildman–Crippen MR) is 146 cm³/mol. The summed E-state index contributed by atoms with van der Waals surface area (Å²) in [6.45, 7) is 2.06. The molecule has 0 spiro atoms. The number of hydrogen-bond donors (Lipinski definition) is 0. The van der Waals surface area contributed by atoms with Crippen molar-refractivity contribution in [1.82, 2.24) is 14.8 Å². The summed E-state index contributed by atoms with van der Waals surface area (Å²) < 4.78 is 23.9. The number of benzene rings is 3. The fraction of sp³-hybridized carbons (Fsp3) is 0.172. The molecule has 0 bridgehead atoms. The van der Waals surface area contributed by atoms with Crippen LogP contribution in [0.4, 0.5) is 0 Å². The summed E-state index contributed by atoms with van der Waals surface area (Å²) in [7, 11) is 6.51. The Morgan fingerprint density at radius 2 is 1.27 bits per heavy atom. The molecule has 0 aliphatic carbocycles. The highest BCUT2D eigenvalue weighted by molar-refractivity contribution is 7.12. The lowest BCUT2D eigenvalue weighted by Gasteiger charge is -2.11. The zero-order valence-corrected chi connectivity index (χ0v) is 22.1. The molecule has 0 fully saturated rings. The normalized spacial score (nSPS) is 10.8. The van der Waals surface area contributed by atoms with Crippen molar-refractivity contribution in [3.05, 3.63) is 77.7 Å². The zero-order valence-electron chi connectivity index (χ0n) is 21.3. The number of thiazole rings is 1. The summed E-state index contributed by atoms with van der Waals surface area (Å²) in [5, 5.41) is 7.87. The maximum absolute atomic E-state index is 5.59. The van der Waals surface area contributed by atoms with Crippen LogP contribution in [0.15, 0.2) is 72.1 Å². The van der Waals surface area contributed by atoms with E-state index in [2.05, 4.69) is 24.4 Å². The van der Waals surface area contributed by atoms with Crippen LogP contribution in [-0.2, 0) is 0 Å². The van der Waals surface area contributed by atoms with Gasteiger partial charge in [-0.25, -0.2) is 9.67 Å². The van der Waals surface area contributed by atoms with E-state index >= 15 is 0 Å². The van der Waals surface area contributed by atoms with Gasteiger partial charge in [-0.2, -0.15) is 5.10 Å². The highest BCUT2D eigenvalue weighted by Crippen LogP contribution is 2.40. The summed E-state index contributed by atoms with van der Waals surface area (Å²) in [6, 6.07) is 21.8. The first-order valence-electron chi connectivity index (χ1n) is 11.6. The first-order chi connectivity index (χ1) is 18.1. The minimum absolute atomic E-state index is 0.641. The van der Waals surface area contributed by atoms with Crippen molar-refractivity contribution in [3.8, 4) is 61.9 Å². The molecule has 188 valence electrons. The van der Waals surface area contributed by atoms with Crippen LogP contribution in [0.25, 0.3) is 38.9 Å². The summed E-state index contributed by atoms with van der Waals surface area (Å²) >= 11 is 1.54. The molecule has 0 radical (unpaired) electrons. The van der Waals surface area contributed by atoms with E-state index < -0.39 is 0 Å². The van der Waals surface area contributed by atoms with E-state index in [9.17, 15) is 0 Å². The average molecular weight is 514 g/mol. The van der Waals surface area contributed by atoms with E-state index in [0.29, 0.717) is 23.0 Å². The quantitative estimate of drug-likeness (QED) is 0.231. The maximum atomic E-state index is 5.59. The average Bonchev–Trinajstić information content (AvgIpc) is 3.57. The van der Waals surface area contributed by atoms with Gasteiger partial charge in [0, 0.05) is 27.6 Å². The molecule has 0 unspecified atom stereocenters. The molecular weight excluding hydrogens is 486 g/mol. The van der Waals surface area contributed by atoms with Gasteiger partial charge in [-0.1, -0.05) is 30.3 Å². The lowest BCUT2D eigenvalue weighted by atomic mass is 10.0. The van der Waals surface area contributed by atoms with E-state index in [1.54, 1.807) is 39.8 Å². The predicted octanol–water partition coefficient (Wildman–Crippen LogP) is 6.67. The minimum atomic E-state index is 0.641. The zero-order chi connectivity index (χ0) is 25.9. The first-order valence-corrected chi connectivity index (χ1v) is 12.5. The number of aromatic nitrogens is 3. The van der Waals surface area contributed by atoms with Crippen LogP contribution in [0.2, 0.25) is 0 Å². The number of nitrogens with zero attached hydrogens (tertiary/aromatic N) is 3. The Kier molecular flexibility index (Phi) is 6.83. The number of ether oxygens (including phenoxy) is 4. The van der Waals surface area contributed by atoms with Crippen molar-refractivity contribution in [2.45, 2.75) is 6.92 Å². The number of hydrogen-bond acceptors (Lipinski definition) is 7. The second-order valence-corrected chi connectivity index (χ2v) is 9.09. The molecule has 37 heavy (non-hydrogen) atoms. The monoisotopic (exact) mass is 513 g/mol. The topological polar surface area (TPSA) is 67.6 Å². The standard InChI is InChI=1S/C29H27N3O4S/c1-18-27(20-11-13-23(33-2)25(15-20)35-4)31-32(28(18)21-12-14-24(34-3)26(16-21)36-5)29-30-22(17-37-29)19-9-7-6-8-10-19/h6-17H,1-5H3. The van der Waals surface area contributed by atoms with Crippen molar-refractivity contribution in [3.63, 3.8) is 0 Å². The molecule has 0 saturated heterocycles. The summed E-state index contributed by atoms with van der Waals surface area (Å²) in [6.07, 6.45) is 0. The van der Waals surface area contributed by atoms with Crippen LogP contribution in [-0.4, -0.2) is 43.2 Å². The summed E-state index contributed by atoms with van der Waals surface area (Å²) in [5.74, 6) is 2.61. The number of methoxy groups -OCH3 is 4. The Morgan fingerprint density at radius 1 is 0.676 bits per heavy atom. The van der Waals surface area contributed by atoms with E-state index in [1.165, 1.54) is 0 Å². The van der Waals surface area contributed by atoms with Crippen LogP contribution in [0.5, 0.6) is 23.0 Å². The Hall–Kier alpha value is -4.30. The maximum Gasteiger partial charge on any atom is 0.211 e. The lowest BCUT2D eigenvalue weighted by molar-refractivity contribution is 0.355. The van der Waals surface area contributed by atoms with Crippen molar-refractivity contribution >= 4 is 11.3 Å². The highest BCUT2D eigenvalue weighted by Gasteiger charge is 2.22. The van der Waals surface area contributed by atoms with Gasteiger partial charge >= 0.3 is 0 Å². The van der Waals surface area contributed by atoms with Crippen LogP contribution in [0.1, 0.15) is 5.56 Å². The van der Waals surface area contributed by atoms with Crippen LogP contribution < -0.4 is 18.9 Å². The SMILES string of the molecule is COc1ccc(-c2nn(-c3nc(-c4ccccc4)cs3)c(-c3ccc(OC)c(OC)c3)c2C)cc1OC. The molecule has 0 atom stereocenters. The fourth-order valence-electron chi connectivity index (χ4n) is 4.32. The number of rotatable bonds is 8. The minimum Gasteiger partial charge on any atom is -0.493 e. The first kappa shape index (κ1) is 24.4. The molecule has 7 nitrogen and oxygen atoms in total. The Balaban J connectivity index is 1.71. The van der Waals surface area contributed by atoms with Gasteiger partial charge in [0.2, 0.25) is 5.13 Å². The third kappa shape index (κ3) is 4.51. The van der Waals surface area contributed by atoms with E-state index in [0.717, 1.165) is 44.5 Å². The molecule has 0 saturated carbocycles. The molecular formula is C29H27N3O4S. The van der Waals surface area contributed by atoms with E-state index in [4.69, 9.17) is 29.0 Å².